The number of hydrogen-bond donors (Lipinski definition) is 2. The third-order valence-corrected chi connectivity index (χ3v) is 5.34. The van der Waals surface area contributed by atoms with Crippen LogP contribution in [0.3, 0.4) is 0 Å². The molecular weight excluding hydrogens is 390 g/mol. The van der Waals surface area contributed by atoms with Gasteiger partial charge < -0.3 is 19.9 Å². The van der Waals surface area contributed by atoms with Crippen molar-refractivity contribution in [2.24, 2.45) is 4.99 Å². The third kappa shape index (κ3) is 5.93. The molecule has 4 rings (SSSR count). The first-order valence-corrected chi connectivity index (χ1v) is 10.6. The van der Waals surface area contributed by atoms with Crippen LogP contribution in [-0.4, -0.2) is 49.4 Å². The zero-order valence-electron chi connectivity index (χ0n) is 17.9. The number of hydrogen-bond acceptors (Lipinski definition) is 5. The summed E-state index contributed by atoms with van der Waals surface area (Å²) in [7, 11) is 1.77. The van der Waals surface area contributed by atoms with Crippen molar-refractivity contribution in [3.05, 3.63) is 77.5 Å². The van der Waals surface area contributed by atoms with E-state index in [0.717, 1.165) is 55.8 Å². The summed E-state index contributed by atoms with van der Waals surface area (Å²) in [5.41, 5.74) is 4.44. The van der Waals surface area contributed by atoms with Crippen molar-refractivity contribution in [2.75, 3.05) is 33.4 Å². The maximum Gasteiger partial charge on any atom is 0.191 e. The summed E-state index contributed by atoms with van der Waals surface area (Å²) in [4.78, 5) is 6.77. The summed E-state index contributed by atoms with van der Waals surface area (Å²) in [6.07, 6.45) is 0. The second-order valence-electron chi connectivity index (χ2n) is 7.49. The van der Waals surface area contributed by atoms with Gasteiger partial charge in [0, 0.05) is 44.9 Å². The molecule has 3 aromatic rings. The van der Waals surface area contributed by atoms with Gasteiger partial charge in [-0.2, -0.15) is 0 Å². The minimum absolute atomic E-state index is 0.533. The predicted octanol–water partition coefficient (Wildman–Crippen LogP) is 3.04. The zero-order valence-corrected chi connectivity index (χ0v) is 17.9. The Morgan fingerprint density at radius 2 is 1.68 bits per heavy atom. The molecule has 1 saturated heterocycles. The lowest BCUT2D eigenvalue weighted by Crippen LogP contribution is -2.37. The summed E-state index contributed by atoms with van der Waals surface area (Å²) in [6.45, 7) is 5.76. The molecule has 0 spiro atoms. The van der Waals surface area contributed by atoms with Crippen LogP contribution in [0.4, 0.5) is 0 Å². The molecule has 162 valence electrons. The van der Waals surface area contributed by atoms with Crippen molar-refractivity contribution in [3.63, 3.8) is 0 Å². The Labute approximate surface area is 183 Å². The highest BCUT2D eigenvalue weighted by Gasteiger charge is 2.13. The first-order chi connectivity index (χ1) is 15.3. The fourth-order valence-electron chi connectivity index (χ4n) is 3.59. The zero-order chi connectivity index (χ0) is 21.3. The number of aromatic nitrogens is 1. The minimum atomic E-state index is 0.533. The fourth-order valence-corrected chi connectivity index (χ4v) is 3.59. The molecule has 1 aliphatic heterocycles. The molecule has 7 heteroatoms. The molecule has 0 bridgehead atoms. The molecule has 0 saturated carbocycles. The van der Waals surface area contributed by atoms with Crippen LogP contribution in [0.5, 0.6) is 0 Å². The smallest absolute Gasteiger partial charge is 0.191 e. The Morgan fingerprint density at radius 1 is 0.968 bits per heavy atom. The van der Waals surface area contributed by atoms with Gasteiger partial charge in [-0.15, -0.1) is 0 Å². The molecule has 0 amide bonds. The average molecular weight is 420 g/mol. The van der Waals surface area contributed by atoms with Crippen LogP contribution in [0.1, 0.15) is 16.8 Å². The monoisotopic (exact) mass is 419 g/mol. The first kappa shape index (κ1) is 21.1. The van der Waals surface area contributed by atoms with E-state index in [1.807, 2.05) is 36.4 Å². The Morgan fingerprint density at radius 3 is 2.45 bits per heavy atom. The number of benzene rings is 2. The number of nitrogens with zero attached hydrogens (tertiary/aromatic N) is 3. The molecule has 1 aromatic heterocycles. The Balaban J connectivity index is 1.31. The maximum atomic E-state index is 5.47. The molecule has 1 aliphatic rings. The number of rotatable bonds is 7. The van der Waals surface area contributed by atoms with Crippen molar-refractivity contribution in [1.82, 2.24) is 20.7 Å². The van der Waals surface area contributed by atoms with Crippen LogP contribution in [0.15, 0.2) is 70.2 Å². The lowest BCUT2D eigenvalue weighted by atomic mass is 10.1. The van der Waals surface area contributed by atoms with Gasteiger partial charge in [-0.05, 0) is 11.1 Å². The molecule has 7 nitrogen and oxygen atoms in total. The van der Waals surface area contributed by atoms with Crippen molar-refractivity contribution in [2.45, 2.75) is 19.6 Å². The molecular formula is C24H29N5O2. The van der Waals surface area contributed by atoms with Crippen LogP contribution >= 0.6 is 0 Å². The maximum absolute atomic E-state index is 5.47. The predicted molar refractivity (Wildman–Crippen MR) is 122 cm³/mol. The van der Waals surface area contributed by atoms with E-state index >= 15 is 0 Å². The molecule has 2 heterocycles. The molecule has 0 aliphatic carbocycles. The van der Waals surface area contributed by atoms with Gasteiger partial charge in [-0.3, -0.25) is 9.89 Å². The van der Waals surface area contributed by atoms with Crippen LogP contribution < -0.4 is 10.6 Å². The average Bonchev–Trinajstić information content (AvgIpc) is 3.30. The van der Waals surface area contributed by atoms with Crippen LogP contribution in [0, 0.1) is 0 Å². The Bertz CT molecular complexity index is 980. The van der Waals surface area contributed by atoms with Gasteiger partial charge in [0.05, 0.1) is 19.8 Å². The highest BCUT2D eigenvalue weighted by molar-refractivity contribution is 5.79. The largest absolute Gasteiger partial charge is 0.379 e. The van der Waals surface area contributed by atoms with Gasteiger partial charge in [0.15, 0.2) is 11.7 Å². The van der Waals surface area contributed by atoms with Gasteiger partial charge >= 0.3 is 0 Å². The summed E-state index contributed by atoms with van der Waals surface area (Å²) in [5.74, 6) is 1.49. The van der Waals surface area contributed by atoms with Gasteiger partial charge in [0.2, 0.25) is 0 Å². The number of guanidine groups is 1. The standard InChI is InChI=1S/C24H29N5O2/c1-25-24(27-17-22-15-23(31-28-22)19-7-3-2-4-8-19)26-16-20-9-5-6-10-21(20)18-29-11-13-30-14-12-29/h2-10,15H,11-14,16-18H2,1H3,(H2,25,26,27). The van der Waals surface area contributed by atoms with Gasteiger partial charge in [-0.1, -0.05) is 59.8 Å². The SMILES string of the molecule is CN=C(NCc1cc(-c2ccccc2)on1)NCc1ccccc1CN1CCOCC1. The quantitative estimate of drug-likeness (QED) is 0.453. The van der Waals surface area contributed by atoms with Crippen molar-refractivity contribution >= 4 is 5.96 Å². The van der Waals surface area contributed by atoms with E-state index in [1.54, 1.807) is 7.05 Å². The number of ether oxygens (including phenoxy) is 1. The molecule has 2 N–H and O–H groups in total. The highest BCUT2D eigenvalue weighted by Crippen LogP contribution is 2.19. The van der Waals surface area contributed by atoms with E-state index in [4.69, 9.17) is 9.26 Å². The molecule has 0 radical (unpaired) electrons. The van der Waals surface area contributed by atoms with Gasteiger partial charge in [0.1, 0.15) is 5.69 Å². The van der Waals surface area contributed by atoms with Crippen LogP contribution in [0.2, 0.25) is 0 Å². The van der Waals surface area contributed by atoms with Gasteiger partial charge in [-0.25, -0.2) is 0 Å². The Hall–Kier alpha value is -3.16. The summed E-state index contributed by atoms with van der Waals surface area (Å²) in [6, 6.07) is 20.5. The van der Waals surface area contributed by atoms with Crippen molar-refractivity contribution in [3.8, 4) is 11.3 Å². The molecule has 31 heavy (non-hydrogen) atoms. The van der Waals surface area contributed by atoms with E-state index in [2.05, 4.69) is 49.9 Å². The fraction of sp³-hybridized carbons (Fsp3) is 0.333. The highest BCUT2D eigenvalue weighted by atomic mass is 16.5. The first-order valence-electron chi connectivity index (χ1n) is 10.6. The Kier molecular flexibility index (Phi) is 7.31. The summed E-state index contributed by atoms with van der Waals surface area (Å²) >= 11 is 0. The molecule has 2 aromatic carbocycles. The number of nitrogens with one attached hydrogen (secondary N) is 2. The normalized spacial score (nSPS) is 15.1. The minimum Gasteiger partial charge on any atom is -0.379 e. The lowest BCUT2D eigenvalue weighted by Gasteiger charge is -2.27. The van der Waals surface area contributed by atoms with Crippen molar-refractivity contribution < 1.29 is 9.26 Å². The lowest BCUT2D eigenvalue weighted by molar-refractivity contribution is 0.0341. The van der Waals surface area contributed by atoms with E-state index < -0.39 is 0 Å². The summed E-state index contributed by atoms with van der Waals surface area (Å²) in [5, 5.41) is 10.9. The second kappa shape index (κ2) is 10.7. The van der Waals surface area contributed by atoms with E-state index in [0.29, 0.717) is 13.1 Å². The number of morpholine rings is 1. The van der Waals surface area contributed by atoms with Crippen LogP contribution in [-0.2, 0) is 24.4 Å². The van der Waals surface area contributed by atoms with E-state index in [-0.39, 0.29) is 0 Å². The summed E-state index contributed by atoms with van der Waals surface area (Å²) < 4.78 is 10.9. The molecule has 0 atom stereocenters. The molecule has 0 unspecified atom stereocenters. The second-order valence-corrected chi connectivity index (χ2v) is 7.49. The molecule has 1 fully saturated rings. The number of aliphatic imine (C=N–C) groups is 1. The van der Waals surface area contributed by atoms with Gasteiger partial charge in [0.25, 0.3) is 0 Å². The van der Waals surface area contributed by atoms with Crippen LogP contribution in [0.25, 0.3) is 11.3 Å². The van der Waals surface area contributed by atoms with E-state index in [1.165, 1.54) is 11.1 Å². The third-order valence-electron chi connectivity index (χ3n) is 5.34. The van der Waals surface area contributed by atoms with Crippen molar-refractivity contribution in [1.29, 1.82) is 0 Å². The topological polar surface area (TPSA) is 74.9 Å². The van der Waals surface area contributed by atoms with E-state index in [9.17, 15) is 0 Å².